The summed E-state index contributed by atoms with van der Waals surface area (Å²) >= 11 is 0. The van der Waals surface area contributed by atoms with Crippen molar-refractivity contribution in [3.05, 3.63) is 12.2 Å². The molecule has 4 unspecified atom stereocenters. The van der Waals surface area contributed by atoms with Gasteiger partial charge >= 0.3 is 11.9 Å². The number of ether oxygens (including phenoxy) is 2. The number of allylic oxidation sites excluding steroid dienone is 2. The van der Waals surface area contributed by atoms with E-state index in [0.717, 1.165) is 32.1 Å². The van der Waals surface area contributed by atoms with Crippen molar-refractivity contribution in [1.29, 1.82) is 0 Å². The summed E-state index contributed by atoms with van der Waals surface area (Å²) < 4.78 is 11.3. The standard InChI is InChI=1S/C21H30O4/c1-24-19(22)17-14-9-10-15(13-14)18(17)20(23)25-21(11-5-2-6-12-21)16-7-3-4-8-16/h9-10,14-18H,2-8,11-13H2,1H3. The first-order chi connectivity index (χ1) is 12.1. The molecule has 4 atom stereocenters. The van der Waals surface area contributed by atoms with Crippen LogP contribution >= 0.6 is 0 Å². The highest BCUT2D eigenvalue weighted by Gasteiger charge is 2.55. The number of esters is 2. The van der Waals surface area contributed by atoms with E-state index < -0.39 is 0 Å². The number of methoxy groups -OCH3 is 1. The summed E-state index contributed by atoms with van der Waals surface area (Å²) in [5, 5.41) is 0. The molecule has 4 aliphatic rings. The Morgan fingerprint density at radius 1 is 0.880 bits per heavy atom. The van der Waals surface area contributed by atoms with Gasteiger partial charge in [0.2, 0.25) is 0 Å². The minimum absolute atomic E-state index is 0.138. The minimum atomic E-state index is -0.350. The van der Waals surface area contributed by atoms with Crippen LogP contribution in [-0.4, -0.2) is 24.6 Å². The van der Waals surface area contributed by atoms with E-state index in [-0.39, 0.29) is 41.2 Å². The predicted molar refractivity (Wildman–Crippen MR) is 93.6 cm³/mol. The summed E-state index contributed by atoms with van der Waals surface area (Å²) in [6.07, 6.45) is 15.5. The summed E-state index contributed by atoms with van der Waals surface area (Å²) in [7, 11) is 1.42. The first-order valence-corrected chi connectivity index (χ1v) is 10.1. The van der Waals surface area contributed by atoms with Crippen molar-refractivity contribution >= 4 is 11.9 Å². The molecule has 0 aromatic rings. The van der Waals surface area contributed by atoms with Crippen LogP contribution in [0.15, 0.2) is 12.2 Å². The van der Waals surface area contributed by atoms with Crippen molar-refractivity contribution in [3.63, 3.8) is 0 Å². The molecule has 3 fully saturated rings. The van der Waals surface area contributed by atoms with Gasteiger partial charge in [-0.2, -0.15) is 0 Å². The lowest BCUT2D eigenvalue weighted by Crippen LogP contribution is -2.46. The Kier molecular flexibility index (Phi) is 4.63. The molecule has 0 aromatic carbocycles. The van der Waals surface area contributed by atoms with E-state index in [1.54, 1.807) is 0 Å². The van der Waals surface area contributed by atoms with Crippen LogP contribution in [0.1, 0.15) is 64.2 Å². The fourth-order valence-corrected chi connectivity index (χ4v) is 6.07. The quantitative estimate of drug-likeness (QED) is 0.569. The highest BCUT2D eigenvalue weighted by atomic mass is 16.6. The SMILES string of the molecule is COC(=O)C1C2C=CC(C2)C1C(=O)OC1(C2CCCC2)CCCCC1. The Labute approximate surface area is 150 Å². The molecule has 0 amide bonds. The maximum absolute atomic E-state index is 13.2. The zero-order valence-electron chi connectivity index (χ0n) is 15.2. The third-order valence-electron chi connectivity index (χ3n) is 7.31. The van der Waals surface area contributed by atoms with Gasteiger partial charge in [-0.15, -0.1) is 0 Å². The first-order valence-electron chi connectivity index (χ1n) is 10.1. The molecule has 4 aliphatic carbocycles. The summed E-state index contributed by atoms with van der Waals surface area (Å²) in [4.78, 5) is 25.5. The van der Waals surface area contributed by atoms with Crippen LogP contribution in [-0.2, 0) is 19.1 Å². The molecule has 4 nitrogen and oxygen atoms in total. The van der Waals surface area contributed by atoms with Crippen LogP contribution in [0.25, 0.3) is 0 Å². The number of carbonyl (C=O) groups excluding carboxylic acids is 2. The van der Waals surface area contributed by atoms with Crippen molar-refractivity contribution in [1.82, 2.24) is 0 Å². The summed E-state index contributed by atoms with van der Waals surface area (Å²) in [6.45, 7) is 0. The molecule has 0 saturated heterocycles. The van der Waals surface area contributed by atoms with Crippen LogP contribution in [0.2, 0.25) is 0 Å². The van der Waals surface area contributed by atoms with Crippen molar-refractivity contribution < 1.29 is 19.1 Å². The van der Waals surface area contributed by atoms with E-state index in [0.29, 0.717) is 5.92 Å². The molecule has 0 aliphatic heterocycles. The lowest BCUT2D eigenvalue weighted by Gasteiger charge is -2.43. The maximum Gasteiger partial charge on any atom is 0.310 e. The van der Waals surface area contributed by atoms with Gasteiger partial charge in [-0.05, 0) is 62.7 Å². The summed E-state index contributed by atoms with van der Waals surface area (Å²) in [5.74, 6) is -0.283. The molecule has 0 aromatic heterocycles. The maximum atomic E-state index is 13.2. The summed E-state index contributed by atoms with van der Waals surface area (Å²) in [5.41, 5.74) is -0.266. The average molecular weight is 346 g/mol. The zero-order valence-corrected chi connectivity index (χ0v) is 15.2. The molecule has 4 rings (SSSR count). The Bertz CT molecular complexity index is 554. The Morgan fingerprint density at radius 2 is 1.48 bits per heavy atom. The monoisotopic (exact) mass is 346 g/mol. The first kappa shape index (κ1) is 17.1. The largest absolute Gasteiger partial charge is 0.469 e. The van der Waals surface area contributed by atoms with Gasteiger partial charge in [0.1, 0.15) is 5.60 Å². The fraction of sp³-hybridized carbons (Fsp3) is 0.810. The molecule has 3 saturated carbocycles. The second-order valence-electron chi connectivity index (χ2n) is 8.55. The molecule has 4 heteroatoms. The predicted octanol–water partition coefficient (Wildman–Crippen LogP) is 4.03. The second-order valence-corrected chi connectivity index (χ2v) is 8.55. The molecule has 0 N–H and O–H groups in total. The molecule has 25 heavy (non-hydrogen) atoms. The van der Waals surface area contributed by atoms with E-state index >= 15 is 0 Å². The van der Waals surface area contributed by atoms with Crippen LogP contribution in [0.4, 0.5) is 0 Å². The molecule has 138 valence electrons. The molecule has 2 bridgehead atoms. The number of hydrogen-bond donors (Lipinski definition) is 0. The van der Waals surface area contributed by atoms with Crippen LogP contribution in [0.3, 0.4) is 0 Å². The van der Waals surface area contributed by atoms with Crippen molar-refractivity contribution in [2.45, 2.75) is 69.8 Å². The normalized spacial score (nSPS) is 36.5. The van der Waals surface area contributed by atoms with E-state index in [1.807, 2.05) is 0 Å². The van der Waals surface area contributed by atoms with Gasteiger partial charge in [-0.25, -0.2) is 0 Å². The van der Waals surface area contributed by atoms with Gasteiger partial charge < -0.3 is 9.47 Å². The number of hydrogen-bond acceptors (Lipinski definition) is 4. The van der Waals surface area contributed by atoms with Crippen molar-refractivity contribution in [2.75, 3.05) is 7.11 Å². The second kappa shape index (κ2) is 6.77. The van der Waals surface area contributed by atoms with E-state index in [9.17, 15) is 9.59 Å². The molecular formula is C21H30O4. The Hall–Kier alpha value is -1.32. The molecule has 0 radical (unpaired) electrons. The molecular weight excluding hydrogens is 316 g/mol. The van der Waals surface area contributed by atoms with E-state index in [2.05, 4.69) is 12.2 Å². The smallest absolute Gasteiger partial charge is 0.310 e. The summed E-state index contributed by atoms with van der Waals surface area (Å²) in [6, 6.07) is 0. The third kappa shape index (κ3) is 2.92. The van der Waals surface area contributed by atoms with Gasteiger partial charge in [0.25, 0.3) is 0 Å². The molecule has 0 spiro atoms. The van der Waals surface area contributed by atoms with Crippen molar-refractivity contribution in [3.8, 4) is 0 Å². The highest BCUT2D eigenvalue weighted by Crippen LogP contribution is 2.51. The zero-order chi connectivity index (χ0) is 17.4. The van der Waals surface area contributed by atoms with E-state index in [1.165, 1.54) is 39.2 Å². The topological polar surface area (TPSA) is 52.6 Å². The molecule has 0 heterocycles. The van der Waals surface area contributed by atoms with Gasteiger partial charge in [-0.1, -0.05) is 31.4 Å². The van der Waals surface area contributed by atoms with Crippen LogP contribution in [0, 0.1) is 29.6 Å². The van der Waals surface area contributed by atoms with E-state index in [4.69, 9.17) is 9.47 Å². The van der Waals surface area contributed by atoms with Gasteiger partial charge in [-0.3, -0.25) is 9.59 Å². The van der Waals surface area contributed by atoms with Crippen molar-refractivity contribution in [2.24, 2.45) is 29.6 Å². The van der Waals surface area contributed by atoms with Gasteiger partial charge in [0, 0.05) is 0 Å². The van der Waals surface area contributed by atoms with Gasteiger partial charge in [0.15, 0.2) is 0 Å². The number of carbonyl (C=O) groups is 2. The number of rotatable bonds is 4. The van der Waals surface area contributed by atoms with Crippen LogP contribution in [0.5, 0.6) is 0 Å². The van der Waals surface area contributed by atoms with Crippen LogP contribution < -0.4 is 0 Å². The minimum Gasteiger partial charge on any atom is -0.469 e. The average Bonchev–Trinajstić information content (AvgIpc) is 3.37. The fourth-order valence-electron chi connectivity index (χ4n) is 6.07. The number of fused-ring (bicyclic) bond motifs is 2. The third-order valence-corrected chi connectivity index (χ3v) is 7.31. The highest BCUT2D eigenvalue weighted by molar-refractivity contribution is 5.84. The Balaban J connectivity index is 1.54. The Morgan fingerprint density at radius 3 is 2.08 bits per heavy atom. The lowest BCUT2D eigenvalue weighted by atomic mass is 9.74. The lowest BCUT2D eigenvalue weighted by molar-refractivity contribution is -0.181. The van der Waals surface area contributed by atoms with Gasteiger partial charge in [0.05, 0.1) is 18.9 Å².